The van der Waals surface area contributed by atoms with Gasteiger partial charge in [-0.25, -0.2) is 4.57 Å². The predicted octanol–water partition coefficient (Wildman–Crippen LogP) is 16.2. The number of carbonyl (C=O) groups is 2. The van der Waals surface area contributed by atoms with Gasteiger partial charge in [0.05, 0.1) is 33.8 Å². The summed E-state index contributed by atoms with van der Waals surface area (Å²) in [6, 6.07) is -0.858. The molecule has 0 aromatic carbocycles. The molecule has 0 radical (unpaired) electrons. The summed E-state index contributed by atoms with van der Waals surface area (Å²) >= 11 is 0. The second kappa shape index (κ2) is 46.7. The van der Waals surface area contributed by atoms with Gasteiger partial charge in [0.25, 0.3) is 0 Å². The van der Waals surface area contributed by atoms with Crippen molar-refractivity contribution in [2.75, 3.05) is 40.9 Å². The first-order valence-electron chi connectivity index (χ1n) is 27.5. The minimum absolute atomic E-state index is 0.0353. The number of esters is 1. The average Bonchev–Trinajstić information content (AvgIpc) is 3.27. The topological polar surface area (TPSA) is 111 Å². The molecular formula is C56H106N2O7P+. The predicted molar refractivity (Wildman–Crippen MR) is 282 cm³/mol. The molecule has 0 aromatic rings. The van der Waals surface area contributed by atoms with E-state index in [0.29, 0.717) is 17.4 Å². The van der Waals surface area contributed by atoms with E-state index in [-0.39, 0.29) is 31.5 Å². The molecule has 0 fully saturated rings. The van der Waals surface area contributed by atoms with Crippen LogP contribution in [0.15, 0.2) is 48.6 Å². The van der Waals surface area contributed by atoms with Gasteiger partial charge in [-0.1, -0.05) is 198 Å². The van der Waals surface area contributed by atoms with Crippen molar-refractivity contribution in [2.24, 2.45) is 0 Å². The number of hydrogen-bond donors (Lipinski definition) is 2. The van der Waals surface area contributed by atoms with Crippen LogP contribution in [0, 0.1) is 0 Å². The van der Waals surface area contributed by atoms with E-state index in [4.69, 9.17) is 13.8 Å². The average molecular weight is 950 g/mol. The van der Waals surface area contributed by atoms with Crippen molar-refractivity contribution in [2.45, 2.75) is 258 Å². The van der Waals surface area contributed by atoms with Crippen molar-refractivity contribution in [3.8, 4) is 0 Å². The third-order valence-corrected chi connectivity index (χ3v) is 13.0. The Bertz CT molecular complexity index is 1280. The number of unbranched alkanes of at least 4 members (excludes halogenated alkanes) is 28. The maximum absolute atomic E-state index is 13.4. The van der Waals surface area contributed by atoms with Gasteiger partial charge < -0.3 is 19.4 Å². The maximum atomic E-state index is 13.4. The first-order valence-corrected chi connectivity index (χ1v) is 29.0. The fourth-order valence-electron chi connectivity index (χ4n) is 7.69. The van der Waals surface area contributed by atoms with E-state index in [2.05, 4.69) is 62.5 Å². The van der Waals surface area contributed by atoms with Crippen molar-refractivity contribution in [1.82, 2.24) is 5.32 Å². The summed E-state index contributed by atoms with van der Waals surface area (Å²) < 4.78 is 30.5. The van der Waals surface area contributed by atoms with Crippen molar-refractivity contribution < 1.29 is 37.3 Å². The van der Waals surface area contributed by atoms with Crippen LogP contribution >= 0.6 is 7.82 Å². The molecule has 0 aliphatic rings. The van der Waals surface area contributed by atoms with Crippen molar-refractivity contribution in [3.63, 3.8) is 0 Å². The standard InChI is InChI=1S/C56H105N2O7P/c1-7-10-13-16-19-22-25-28-29-31-34-37-40-43-46-49-56(60)65-54(47-44-41-38-35-32-27-24-21-18-15-12-9-3)53(52-64-66(61,62)63-51-50-58(4,5)6)57-55(59)48-45-42-39-36-33-30-26-23-20-17-14-11-8-2/h19,22,25,28,30,33,44,47,53-54H,7-18,20-21,23-24,26-27,29,31-32,34-43,45-46,48-52H2,1-6H3,(H-,57,59,61,62)/p+1/b22-19+,28-25+,33-30-,47-44+. The van der Waals surface area contributed by atoms with Gasteiger partial charge in [0.1, 0.15) is 19.3 Å². The number of nitrogens with one attached hydrogen (secondary N) is 1. The first-order chi connectivity index (χ1) is 31.9. The van der Waals surface area contributed by atoms with Crippen LogP contribution in [0.25, 0.3) is 0 Å². The molecule has 0 heterocycles. The molecule has 0 aliphatic carbocycles. The molecule has 1 amide bonds. The minimum atomic E-state index is -4.44. The molecule has 66 heavy (non-hydrogen) atoms. The summed E-state index contributed by atoms with van der Waals surface area (Å²) in [6.07, 6.45) is 55.3. The second-order valence-corrected chi connectivity index (χ2v) is 21.2. The Balaban J connectivity index is 5.44. The molecule has 386 valence electrons. The van der Waals surface area contributed by atoms with E-state index >= 15 is 0 Å². The number of rotatable bonds is 49. The third-order valence-electron chi connectivity index (χ3n) is 12.0. The number of hydrogen-bond acceptors (Lipinski definition) is 6. The van der Waals surface area contributed by atoms with Crippen LogP contribution in [-0.4, -0.2) is 74.3 Å². The van der Waals surface area contributed by atoms with E-state index in [1.807, 2.05) is 33.3 Å². The zero-order valence-corrected chi connectivity index (χ0v) is 44.8. The van der Waals surface area contributed by atoms with Crippen LogP contribution in [-0.2, 0) is 27.9 Å². The molecule has 0 aromatic heterocycles. The number of phosphoric acid groups is 1. The highest BCUT2D eigenvalue weighted by Crippen LogP contribution is 2.43. The molecule has 0 aliphatic heterocycles. The summed E-state index contributed by atoms with van der Waals surface area (Å²) in [7, 11) is 1.48. The Labute approximate surface area is 408 Å². The lowest BCUT2D eigenvalue weighted by atomic mass is 10.0. The first kappa shape index (κ1) is 64.0. The summed E-state index contributed by atoms with van der Waals surface area (Å²) in [4.78, 5) is 37.5. The number of quaternary nitrogens is 1. The summed E-state index contributed by atoms with van der Waals surface area (Å²) in [5.41, 5.74) is 0. The highest BCUT2D eigenvalue weighted by Gasteiger charge is 2.30. The van der Waals surface area contributed by atoms with Crippen LogP contribution in [0.1, 0.15) is 245 Å². The van der Waals surface area contributed by atoms with E-state index in [0.717, 1.165) is 89.9 Å². The molecule has 10 heteroatoms. The maximum Gasteiger partial charge on any atom is 0.472 e. The van der Waals surface area contributed by atoms with E-state index in [1.54, 1.807) is 0 Å². The van der Waals surface area contributed by atoms with Gasteiger partial charge >= 0.3 is 13.8 Å². The molecule has 2 N–H and O–H groups in total. The van der Waals surface area contributed by atoms with Crippen LogP contribution in [0.2, 0.25) is 0 Å². The summed E-state index contributed by atoms with van der Waals surface area (Å²) in [6.45, 7) is 6.95. The fourth-order valence-corrected chi connectivity index (χ4v) is 8.42. The largest absolute Gasteiger partial charge is 0.472 e. The number of nitrogens with zero attached hydrogens (tertiary/aromatic N) is 1. The summed E-state index contributed by atoms with van der Waals surface area (Å²) in [5, 5.41) is 3.03. The van der Waals surface area contributed by atoms with Gasteiger partial charge in [0.15, 0.2) is 0 Å². The minimum Gasteiger partial charge on any atom is -0.456 e. The van der Waals surface area contributed by atoms with Gasteiger partial charge in [-0.05, 0) is 83.1 Å². The smallest absolute Gasteiger partial charge is 0.456 e. The van der Waals surface area contributed by atoms with E-state index < -0.39 is 20.0 Å². The molecule has 0 saturated heterocycles. The molecule has 9 nitrogen and oxygen atoms in total. The van der Waals surface area contributed by atoms with Crippen molar-refractivity contribution in [3.05, 3.63) is 48.6 Å². The van der Waals surface area contributed by atoms with Crippen molar-refractivity contribution in [1.29, 1.82) is 0 Å². The molecular weight excluding hydrogens is 844 g/mol. The van der Waals surface area contributed by atoms with Gasteiger partial charge in [0, 0.05) is 12.8 Å². The summed E-state index contributed by atoms with van der Waals surface area (Å²) in [5.74, 6) is -0.536. The quantitative estimate of drug-likeness (QED) is 0.0156. The lowest BCUT2D eigenvalue weighted by Gasteiger charge is -2.27. The molecule has 0 rings (SSSR count). The molecule has 0 saturated carbocycles. The molecule has 3 unspecified atom stereocenters. The van der Waals surface area contributed by atoms with Crippen molar-refractivity contribution >= 4 is 19.7 Å². The van der Waals surface area contributed by atoms with Gasteiger partial charge in [0.2, 0.25) is 5.91 Å². The Morgan fingerprint density at radius 2 is 0.924 bits per heavy atom. The van der Waals surface area contributed by atoms with E-state index in [9.17, 15) is 19.0 Å². The lowest BCUT2D eigenvalue weighted by molar-refractivity contribution is -0.870. The van der Waals surface area contributed by atoms with Gasteiger partial charge in [-0.15, -0.1) is 0 Å². The highest BCUT2D eigenvalue weighted by atomic mass is 31.2. The Morgan fingerprint density at radius 1 is 0.530 bits per heavy atom. The normalized spacial score (nSPS) is 14.2. The second-order valence-electron chi connectivity index (χ2n) is 19.8. The molecule has 3 atom stereocenters. The van der Waals surface area contributed by atoms with Crippen LogP contribution in [0.4, 0.5) is 0 Å². The number of ether oxygens (including phenoxy) is 1. The monoisotopic (exact) mass is 950 g/mol. The Hall–Kier alpha value is -2.03. The fraction of sp³-hybridized carbons (Fsp3) is 0.821. The number of amides is 1. The third kappa shape index (κ3) is 47.1. The van der Waals surface area contributed by atoms with Crippen LogP contribution in [0.5, 0.6) is 0 Å². The number of likely N-dealkylation sites (N-methyl/N-ethyl adjacent to an activating group) is 1. The zero-order valence-electron chi connectivity index (χ0n) is 43.9. The molecule has 0 spiro atoms. The number of phosphoric ester groups is 1. The highest BCUT2D eigenvalue weighted by molar-refractivity contribution is 7.47. The van der Waals surface area contributed by atoms with Gasteiger partial charge in [-0.2, -0.15) is 0 Å². The SMILES string of the molecule is CCCCC/C=C/C=C/CCCCCCCCC(=O)OC(/C=C/CCCCCCCCCCCC)C(COP(=O)(O)OCC[N+](C)(C)C)NC(=O)CCCCC/C=C\CCCCCCCC. The van der Waals surface area contributed by atoms with Crippen LogP contribution in [0.3, 0.4) is 0 Å². The van der Waals surface area contributed by atoms with E-state index in [1.165, 1.54) is 122 Å². The zero-order chi connectivity index (χ0) is 48.7. The number of allylic oxidation sites excluding steroid dienone is 7. The van der Waals surface area contributed by atoms with Crippen LogP contribution < -0.4 is 5.32 Å². The Morgan fingerprint density at radius 3 is 1.42 bits per heavy atom. The number of carbonyl (C=O) groups excluding carboxylic acids is 2. The molecule has 0 bridgehead atoms. The Kier molecular flexibility index (Phi) is 45.3. The lowest BCUT2D eigenvalue weighted by Crippen LogP contribution is -2.47. The van der Waals surface area contributed by atoms with Gasteiger partial charge in [-0.3, -0.25) is 18.6 Å².